The highest BCUT2D eigenvalue weighted by Crippen LogP contribution is 2.26. The quantitative estimate of drug-likeness (QED) is 0.662. The first-order chi connectivity index (χ1) is 8.04. The average molecular weight is 240 g/mol. The largest absolute Gasteiger partial charge is 0.481 e. The van der Waals surface area contributed by atoms with Crippen molar-refractivity contribution in [2.75, 3.05) is 13.1 Å². The summed E-state index contributed by atoms with van der Waals surface area (Å²) in [6.45, 7) is 6.38. The zero-order valence-electron chi connectivity index (χ0n) is 10.2. The minimum Gasteiger partial charge on any atom is -0.481 e. The number of amides is 2. The fourth-order valence-electron chi connectivity index (χ4n) is 1.66. The van der Waals surface area contributed by atoms with Crippen LogP contribution < -0.4 is 5.32 Å². The van der Waals surface area contributed by atoms with Crippen molar-refractivity contribution in [1.82, 2.24) is 10.2 Å². The molecule has 0 aromatic heterocycles. The summed E-state index contributed by atoms with van der Waals surface area (Å²) in [6.07, 6.45) is 3.88. The molecule has 1 atom stereocenters. The Labute approximate surface area is 101 Å². The molecule has 0 aromatic rings. The summed E-state index contributed by atoms with van der Waals surface area (Å²) in [7, 11) is 0. The first-order valence-corrected chi connectivity index (χ1v) is 5.91. The van der Waals surface area contributed by atoms with E-state index in [1.807, 2.05) is 6.92 Å². The van der Waals surface area contributed by atoms with Gasteiger partial charge in [-0.25, -0.2) is 4.79 Å². The number of urea groups is 1. The topological polar surface area (TPSA) is 69.6 Å². The highest BCUT2D eigenvalue weighted by atomic mass is 16.4. The number of carboxylic acid groups (broad SMARTS) is 1. The summed E-state index contributed by atoms with van der Waals surface area (Å²) >= 11 is 0. The maximum Gasteiger partial charge on any atom is 0.317 e. The summed E-state index contributed by atoms with van der Waals surface area (Å²) in [5, 5.41) is 11.4. The zero-order valence-corrected chi connectivity index (χ0v) is 10.2. The lowest BCUT2D eigenvalue weighted by atomic mass is 10.1. The van der Waals surface area contributed by atoms with Crippen molar-refractivity contribution in [2.24, 2.45) is 5.92 Å². The van der Waals surface area contributed by atoms with Crippen molar-refractivity contribution in [3.63, 3.8) is 0 Å². The molecular formula is C12H20N2O3. The predicted octanol–water partition coefficient (Wildman–Crippen LogP) is 1.46. The fourth-order valence-corrected chi connectivity index (χ4v) is 1.66. The van der Waals surface area contributed by atoms with Gasteiger partial charge in [0.2, 0.25) is 0 Å². The molecule has 5 nitrogen and oxygen atoms in total. The van der Waals surface area contributed by atoms with Gasteiger partial charge in [0.15, 0.2) is 0 Å². The summed E-state index contributed by atoms with van der Waals surface area (Å²) in [5.74, 6) is -0.891. The lowest BCUT2D eigenvalue weighted by Gasteiger charge is -2.22. The van der Waals surface area contributed by atoms with Gasteiger partial charge in [0.1, 0.15) is 0 Å². The number of carbonyl (C=O) groups is 2. The second kappa shape index (κ2) is 6.27. The Morgan fingerprint density at radius 2 is 2.24 bits per heavy atom. The first-order valence-electron chi connectivity index (χ1n) is 5.91. The monoisotopic (exact) mass is 240 g/mol. The Balaban J connectivity index is 2.31. The highest BCUT2D eigenvalue weighted by Gasteiger charge is 2.31. The van der Waals surface area contributed by atoms with Crippen molar-refractivity contribution in [3.8, 4) is 0 Å². The molecule has 1 rings (SSSR count). The number of hydrogen-bond acceptors (Lipinski definition) is 2. The van der Waals surface area contributed by atoms with Crippen LogP contribution in [0.5, 0.6) is 0 Å². The van der Waals surface area contributed by atoms with Crippen LogP contribution in [-0.4, -0.2) is 41.1 Å². The second-order valence-electron chi connectivity index (χ2n) is 4.56. The predicted molar refractivity (Wildman–Crippen MR) is 64.7 cm³/mol. The maximum atomic E-state index is 11.8. The molecule has 2 N–H and O–H groups in total. The molecule has 17 heavy (non-hydrogen) atoms. The van der Waals surface area contributed by atoms with Gasteiger partial charge in [-0.15, -0.1) is 6.58 Å². The van der Waals surface area contributed by atoms with E-state index in [1.54, 1.807) is 11.0 Å². The van der Waals surface area contributed by atoms with Crippen LogP contribution in [0.1, 0.15) is 26.2 Å². The van der Waals surface area contributed by atoms with E-state index in [2.05, 4.69) is 11.9 Å². The van der Waals surface area contributed by atoms with E-state index in [1.165, 1.54) is 0 Å². The standard InChI is InChI=1S/C12H20N2O3/c1-3-6-14(10-4-5-10)12(17)13-8-9(2)7-11(15)16/h3,9-10H,1,4-8H2,2H3,(H,13,17)(H,15,16). The van der Waals surface area contributed by atoms with E-state index in [0.29, 0.717) is 19.1 Å². The van der Waals surface area contributed by atoms with Gasteiger partial charge < -0.3 is 15.3 Å². The molecule has 5 heteroatoms. The van der Waals surface area contributed by atoms with Crippen LogP contribution in [0.15, 0.2) is 12.7 Å². The average Bonchev–Trinajstić information content (AvgIpc) is 3.05. The smallest absolute Gasteiger partial charge is 0.317 e. The van der Waals surface area contributed by atoms with Crippen molar-refractivity contribution >= 4 is 12.0 Å². The van der Waals surface area contributed by atoms with Gasteiger partial charge in [0, 0.05) is 25.6 Å². The van der Waals surface area contributed by atoms with E-state index in [9.17, 15) is 9.59 Å². The number of nitrogens with one attached hydrogen (secondary N) is 1. The molecular weight excluding hydrogens is 220 g/mol. The van der Waals surface area contributed by atoms with Crippen LogP contribution in [0.25, 0.3) is 0 Å². The Morgan fingerprint density at radius 1 is 1.59 bits per heavy atom. The van der Waals surface area contributed by atoms with Gasteiger partial charge in [0.05, 0.1) is 0 Å². The van der Waals surface area contributed by atoms with E-state index in [0.717, 1.165) is 12.8 Å². The van der Waals surface area contributed by atoms with Crippen molar-refractivity contribution < 1.29 is 14.7 Å². The van der Waals surface area contributed by atoms with Crippen LogP contribution in [0.4, 0.5) is 4.79 Å². The molecule has 0 bridgehead atoms. The molecule has 0 aliphatic heterocycles. The third-order valence-corrected chi connectivity index (χ3v) is 2.70. The van der Waals surface area contributed by atoms with Crippen LogP contribution in [0.2, 0.25) is 0 Å². The summed E-state index contributed by atoms with van der Waals surface area (Å²) in [5.41, 5.74) is 0. The first kappa shape index (κ1) is 13.5. The molecule has 2 amide bonds. The van der Waals surface area contributed by atoms with Crippen LogP contribution >= 0.6 is 0 Å². The third-order valence-electron chi connectivity index (χ3n) is 2.70. The van der Waals surface area contributed by atoms with E-state index in [4.69, 9.17) is 5.11 Å². The molecule has 1 aliphatic carbocycles. The lowest BCUT2D eigenvalue weighted by molar-refractivity contribution is -0.137. The van der Waals surface area contributed by atoms with Gasteiger partial charge >= 0.3 is 12.0 Å². The van der Waals surface area contributed by atoms with E-state index >= 15 is 0 Å². The number of nitrogens with zero attached hydrogens (tertiary/aromatic N) is 1. The zero-order chi connectivity index (χ0) is 12.8. The molecule has 0 aromatic carbocycles. The van der Waals surface area contributed by atoms with Crippen molar-refractivity contribution in [2.45, 2.75) is 32.2 Å². The molecule has 0 spiro atoms. The van der Waals surface area contributed by atoms with Crippen molar-refractivity contribution in [3.05, 3.63) is 12.7 Å². The maximum absolute atomic E-state index is 11.8. The van der Waals surface area contributed by atoms with Gasteiger partial charge in [-0.2, -0.15) is 0 Å². The number of carboxylic acids is 1. The molecule has 1 aliphatic rings. The lowest BCUT2D eigenvalue weighted by Crippen LogP contribution is -2.43. The summed E-state index contributed by atoms with van der Waals surface area (Å²) in [6, 6.07) is 0.215. The van der Waals surface area contributed by atoms with Crippen LogP contribution in [0, 0.1) is 5.92 Å². The fraction of sp³-hybridized carbons (Fsp3) is 0.667. The Kier molecular flexibility index (Phi) is 5.00. The number of hydrogen-bond donors (Lipinski definition) is 2. The molecule has 1 saturated carbocycles. The Hall–Kier alpha value is -1.52. The van der Waals surface area contributed by atoms with Crippen molar-refractivity contribution in [1.29, 1.82) is 0 Å². The van der Waals surface area contributed by atoms with Gasteiger partial charge in [-0.3, -0.25) is 4.79 Å². The van der Waals surface area contributed by atoms with Gasteiger partial charge in [-0.05, 0) is 18.8 Å². The SMILES string of the molecule is C=CCN(C(=O)NCC(C)CC(=O)O)C1CC1. The third kappa shape index (κ3) is 4.89. The highest BCUT2D eigenvalue weighted by molar-refractivity contribution is 5.75. The summed E-state index contributed by atoms with van der Waals surface area (Å²) < 4.78 is 0. The molecule has 0 heterocycles. The minimum absolute atomic E-state index is 0.0544. The molecule has 1 fully saturated rings. The minimum atomic E-state index is -0.836. The van der Waals surface area contributed by atoms with E-state index in [-0.39, 0.29) is 18.4 Å². The number of carbonyl (C=O) groups excluding carboxylic acids is 1. The number of rotatable bonds is 7. The molecule has 1 unspecified atom stereocenters. The van der Waals surface area contributed by atoms with Crippen LogP contribution in [0.3, 0.4) is 0 Å². The molecule has 0 saturated heterocycles. The van der Waals surface area contributed by atoms with Gasteiger partial charge in [-0.1, -0.05) is 13.0 Å². The Morgan fingerprint density at radius 3 is 2.71 bits per heavy atom. The van der Waals surface area contributed by atoms with E-state index < -0.39 is 5.97 Å². The summed E-state index contributed by atoms with van der Waals surface area (Å²) in [4.78, 5) is 24.0. The molecule has 96 valence electrons. The normalized spacial score (nSPS) is 16.1. The van der Waals surface area contributed by atoms with Crippen LogP contribution in [-0.2, 0) is 4.79 Å². The number of aliphatic carboxylic acids is 1. The molecule has 0 radical (unpaired) electrons. The second-order valence-corrected chi connectivity index (χ2v) is 4.56. The van der Waals surface area contributed by atoms with Gasteiger partial charge in [0.25, 0.3) is 0 Å². The Bertz CT molecular complexity index is 300.